The van der Waals surface area contributed by atoms with Crippen LogP contribution in [0.4, 0.5) is 0 Å². The third-order valence-electron chi connectivity index (χ3n) is 2.65. The first-order chi connectivity index (χ1) is 7.54. The normalized spacial score (nSPS) is 10.9. The molecule has 0 aliphatic heterocycles. The summed E-state index contributed by atoms with van der Waals surface area (Å²) >= 11 is 0. The van der Waals surface area contributed by atoms with E-state index in [2.05, 4.69) is 45.1 Å². The monoisotopic (exact) mass is 221 g/mol. The summed E-state index contributed by atoms with van der Waals surface area (Å²) in [6.07, 6.45) is 1.02. The van der Waals surface area contributed by atoms with Crippen molar-refractivity contribution < 1.29 is 4.74 Å². The zero-order chi connectivity index (χ0) is 12.1. The van der Waals surface area contributed by atoms with E-state index in [0.717, 1.165) is 18.7 Å². The number of hydrogen-bond donors (Lipinski definition) is 1. The molecule has 0 amide bonds. The summed E-state index contributed by atoms with van der Waals surface area (Å²) in [7, 11) is 1.75. The smallest absolute Gasteiger partial charge is 0.125 e. The molecule has 0 radical (unpaired) electrons. The quantitative estimate of drug-likeness (QED) is 0.825. The summed E-state index contributed by atoms with van der Waals surface area (Å²) < 4.78 is 5.46. The second-order valence-corrected chi connectivity index (χ2v) is 4.63. The van der Waals surface area contributed by atoms with E-state index in [4.69, 9.17) is 4.74 Å². The molecule has 0 atom stereocenters. The van der Waals surface area contributed by atoms with Crippen LogP contribution in [0.5, 0.6) is 5.75 Å². The van der Waals surface area contributed by atoms with Crippen LogP contribution in [0, 0.1) is 13.8 Å². The lowest BCUT2D eigenvalue weighted by molar-refractivity contribution is 0.405. The maximum absolute atomic E-state index is 5.46. The van der Waals surface area contributed by atoms with E-state index in [9.17, 15) is 0 Å². The number of nitrogens with one attached hydrogen (secondary N) is 1. The zero-order valence-corrected chi connectivity index (χ0v) is 11.1. The van der Waals surface area contributed by atoms with Gasteiger partial charge in [-0.1, -0.05) is 31.5 Å². The van der Waals surface area contributed by atoms with Crippen molar-refractivity contribution >= 4 is 0 Å². The molecular formula is C14H23NO. The first-order valence-corrected chi connectivity index (χ1v) is 5.92. The average molecular weight is 221 g/mol. The number of ether oxygens (including phenoxy) is 1. The average Bonchev–Trinajstić information content (AvgIpc) is 2.16. The highest BCUT2D eigenvalue weighted by Gasteiger charge is 2.07. The maximum atomic E-state index is 5.46. The van der Waals surface area contributed by atoms with Crippen molar-refractivity contribution in [2.75, 3.05) is 13.7 Å². The fraction of sp³-hybridized carbons (Fsp3) is 0.571. The van der Waals surface area contributed by atoms with Crippen LogP contribution in [-0.4, -0.2) is 19.7 Å². The number of methoxy groups -OCH3 is 1. The Kier molecular flexibility index (Phi) is 4.81. The minimum atomic E-state index is 0.539. The van der Waals surface area contributed by atoms with Crippen LogP contribution in [0.1, 0.15) is 30.5 Å². The fourth-order valence-electron chi connectivity index (χ4n) is 2.02. The predicted molar refractivity (Wildman–Crippen MR) is 69.3 cm³/mol. The lowest BCUT2D eigenvalue weighted by Gasteiger charge is -2.14. The molecule has 0 saturated carbocycles. The molecule has 0 aliphatic carbocycles. The van der Waals surface area contributed by atoms with E-state index in [0.29, 0.717) is 6.04 Å². The van der Waals surface area contributed by atoms with E-state index in [1.165, 1.54) is 16.7 Å². The minimum absolute atomic E-state index is 0.539. The molecule has 0 aromatic heterocycles. The Hall–Kier alpha value is -1.02. The van der Waals surface area contributed by atoms with Crippen LogP contribution in [0.25, 0.3) is 0 Å². The van der Waals surface area contributed by atoms with Gasteiger partial charge in [-0.15, -0.1) is 0 Å². The highest BCUT2D eigenvalue weighted by Crippen LogP contribution is 2.25. The van der Waals surface area contributed by atoms with Gasteiger partial charge in [-0.2, -0.15) is 0 Å². The van der Waals surface area contributed by atoms with E-state index < -0.39 is 0 Å². The standard InChI is InChI=1S/C14H23NO/c1-10(2)15-7-6-13-9-11(3)8-12(4)14(13)16-5/h8-10,15H,6-7H2,1-5H3. The SMILES string of the molecule is COc1c(C)cc(C)cc1CCNC(C)C. The van der Waals surface area contributed by atoms with Gasteiger partial charge in [0.1, 0.15) is 5.75 Å². The number of rotatable bonds is 5. The lowest BCUT2D eigenvalue weighted by Crippen LogP contribution is -2.25. The first-order valence-electron chi connectivity index (χ1n) is 5.92. The molecule has 1 aromatic rings. The first kappa shape index (κ1) is 13.0. The Morgan fingerprint density at radius 3 is 2.50 bits per heavy atom. The molecule has 0 spiro atoms. The number of aryl methyl sites for hydroxylation is 2. The van der Waals surface area contributed by atoms with Crippen molar-refractivity contribution in [2.45, 2.75) is 40.2 Å². The third-order valence-corrected chi connectivity index (χ3v) is 2.65. The Bertz CT molecular complexity index is 345. The zero-order valence-electron chi connectivity index (χ0n) is 11.1. The Balaban J connectivity index is 2.77. The van der Waals surface area contributed by atoms with E-state index in [1.807, 2.05) is 0 Å². The molecule has 1 rings (SSSR count). The van der Waals surface area contributed by atoms with Crippen molar-refractivity contribution in [1.29, 1.82) is 0 Å². The number of hydrogen-bond acceptors (Lipinski definition) is 2. The fourth-order valence-corrected chi connectivity index (χ4v) is 2.02. The molecule has 1 aromatic carbocycles. The van der Waals surface area contributed by atoms with Gasteiger partial charge in [0.15, 0.2) is 0 Å². The summed E-state index contributed by atoms with van der Waals surface area (Å²) in [4.78, 5) is 0. The highest BCUT2D eigenvalue weighted by molar-refractivity contribution is 5.43. The molecule has 16 heavy (non-hydrogen) atoms. The summed E-state index contributed by atoms with van der Waals surface area (Å²) in [5, 5.41) is 3.43. The van der Waals surface area contributed by atoms with Crippen molar-refractivity contribution in [1.82, 2.24) is 5.32 Å². The van der Waals surface area contributed by atoms with Gasteiger partial charge in [0.25, 0.3) is 0 Å². The molecule has 0 unspecified atom stereocenters. The van der Waals surface area contributed by atoms with Gasteiger partial charge >= 0.3 is 0 Å². The molecule has 1 N–H and O–H groups in total. The third kappa shape index (κ3) is 3.53. The van der Waals surface area contributed by atoms with E-state index in [1.54, 1.807) is 7.11 Å². The minimum Gasteiger partial charge on any atom is -0.496 e. The van der Waals surface area contributed by atoms with Gasteiger partial charge in [-0.3, -0.25) is 0 Å². The summed E-state index contributed by atoms with van der Waals surface area (Å²) in [5.74, 6) is 1.04. The van der Waals surface area contributed by atoms with E-state index >= 15 is 0 Å². The van der Waals surface area contributed by atoms with Gasteiger partial charge in [0.05, 0.1) is 7.11 Å². The Labute approximate surface area is 99.0 Å². The summed E-state index contributed by atoms with van der Waals surface area (Å²) in [6.45, 7) is 9.56. The molecule has 2 heteroatoms. The second-order valence-electron chi connectivity index (χ2n) is 4.63. The number of benzene rings is 1. The topological polar surface area (TPSA) is 21.3 Å². The van der Waals surface area contributed by atoms with Gasteiger partial charge in [-0.25, -0.2) is 0 Å². The molecule has 0 aliphatic rings. The van der Waals surface area contributed by atoms with Crippen molar-refractivity contribution in [3.8, 4) is 5.75 Å². The highest BCUT2D eigenvalue weighted by atomic mass is 16.5. The van der Waals surface area contributed by atoms with Crippen LogP contribution < -0.4 is 10.1 Å². The molecular weight excluding hydrogens is 198 g/mol. The molecule has 0 heterocycles. The van der Waals surface area contributed by atoms with Crippen LogP contribution in [0.2, 0.25) is 0 Å². The van der Waals surface area contributed by atoms with Gasteiger partial charge in [0, 0.05) is 6.04 Å². The summed E-state index contributed by atoms with van der Waals surface area (Å²) in [5.41, 5.74) is 3.83. The molecule has 0 saturated heterocycles. The Morgan fingerprint density at radius 1 is 1.25 bits per heavy atom. The van der Waals surface area contributed by atoms with Gasteiger partial charge in [-0.05, 0) is 37.9 Å². The summed E-state index contributed by atoms with van der Waals surface area (Å²) in [6, 6.07) is 4.92. The van der Waals surface area contributed by atoms with Crippen LogP contribution in [0.15, 0.2) is 12.1 Å². The van der Waals surface area contributed by atoms with Crippen LogP contribution in [0.3, 0.4) is 0 Å². The predicted octanol–water partition coefficient (Wildman–Crippen LogP) is 2.85. The van der Waals surface area contributed by atoms with Crippen molar-refractivity contribution in [3.63, 3.8) is 0 Å². The Morgan fingerprint density at radius 2 is 1.94 bits per heavy atom. The van der Waals surface area contributed by atoms with Crippen molar-refractivity contribution in [3.05, 3.63) is 28.8 Å². The van der Waals surface area contributed by atoms with Crippen LogP contribution in [-0.2, 0) is 6.42 Å². The molecule has 0 bridgehead atoms. The second kappa shape index (κ2) is 5.90. The lowest BCUT2D eigenvalue weighted by atomic mass is 10.0. The van der Waals surface area contributed by atoms with Gasteiger partial charge < -0.3 is 10.1 Å². The maximum Gasteiger partial charge on any atom is 0.125 e. The molecule has 2 nitrogen and oxygen atoms in total. The van der Waals surface area contributed by atoms with Crippen LogP contribution >= 0.6 is 0 Å². The molecule has 0 fully saturated rings. The van der Waals surface area contributed by atoms with Crippen molar-refractivity contribution in [2.24, 2.45) is 0 Å². The largest absolute Gasteiger partial charge is 0.496 e. The van der Waals surface area contributed by atoms with Gasteiger partial charge in [0.2, 0.25) is 0 Å². The van der Waals surface area contributed by atoms with E-state index in [-0.39, 0.29) is 0 Å². The molecule has 90 valence electrons.